The molecular weight excluding hydrogens is 470 g/mol. The molecule has 4 aromatic rings. The average Bonchev–Trinajstić information content (AvgIpc) is 3.39. The fourth-order valence-corrected chi connectivity index (χ4v) is 4.45. The zero-order valence-electron chi connectivity index (χ0n) is 20.7. The number of nitrogens with zero attached hydrogens (tertiary/aromatic N) is 5. The average molecular weight is 498 g/mol. The van der Waals surface area contributed by atoms with Crippen molar-refractivity contribution >= 4 is 17.3 Å². The van der Waals surface area contributed by atoms with E-state index in [-0.39, 0.29) is 11.6 Å². The molecule has 0 radical (unpaired) electrons. The van der Waals surface area contributed by atoms with Crippen LogP contribution in [0.1, 0.15) is 16.1 Å². The van der Waals surface area contributed by atoms with Gasteiger partial charge in [0.1, 0.15) is 11.4 Å². The molecule has 3 aromatic carbocycles. The highest BCUT2D eigenvalue weighted by molar-refractivity contribution is 5.94. The highest BCUT2D eigenvalue weighted by Crippen LogP contribution is 2.27. The van der Waals surface area contributed by atoms with Gasteiger partial charge in [-0.05, 0) is 49.4 Å². The Morgan fingerprint density at radius 2 is 1.59 bits per heavy atom. The first-order valence-corrected chi connectivity index (χ1v) is 12.0. The van der Waals surface area contributed by atoms with Crippen LogP contribution in [0.4, 0.5) is 11.4 Å². The topological polar surface area (TPSA) is 93.7 Å². The largest absolute Gasteiger partial charge is 0.497 e. The van der Waals surface area contributed by atoms with Crippen molar-refractivity contribution in [2.75, 3.05) is 38.2 Å². The summed E-state index contributed by atoms with van der Waals surface area (Å²) < 4.78 is 7.08. The van der Waals surface area contributed by atoms with Gasteiger partial charge in [-0.3, -0.25) is 14.9 Å². The number of hydrogen-bond donors (Lipinski definition) is 0. The van der Waals surface area contributed by atoms with Gasteiger partial charge < -0.3 is 14.5 Å². The van der Waals surface area contributed by atoms with Crippen LogP contribution in [0.2, 0.25) is 0 Å². The Labute approximate surface area is 214 Å². The smallest absolute Gasteiger partial charge is 0.272 e. The van der Waals surface area contributed by atoms with Crippen molar-refractivity contribution < 1.29 is 14.5 Å². The number of piperazine rings is 1. The van der Waals surface area contributed by atoms with Crippen molar-refractivity contribution in [3.05, 3.63) is 100 Å². The minimum Gasteiger partial charge on any atom is -0.497 e. The number of carbonyl (C=O) groups is 1. The van der Waals surface area contributed by atoms with Gasteiger partial charge in [-0.2, -0.15) is 5.10 Å². The molecule has 0 N–H and O–H groups in total. The molecule has 1 aliphatic rings. The lowest BCUT2D eigenvalue weighted by atomic mass is 10.1. The van der Waals surface area contributed by atoms with Crippen LogP contribution in [0.15, 0.2) is 78.9 Å². The van der Waals surface area contributed by atoms with E-state index in [1.807, 2.05) is 66.4 Å². The molecule has 0 saturated carbocycles. The second-order valence-electron chi connectivity index (χ2n) is 8.95. The molecule has 1 amide bonds. The van der Waals surface area contributed by atoms with Crippen LogP contribution in [0.3, 0.4) is 0 Å². The standard InChI is InChI=1S/C28H27N5O4/c1-20-6-8-23(9-7-20)32-27(19-26(29-32)21-4-3-5-25(18-21)37-2)28(34)31-16-14-30(15-17-31)22-10-12-24(13-11-22)33(35)36/h3-13,18-19H,14-17H2,1-2H3. The maximum atomic E-state index is 13.7. The molecular formula is C28H27N5O4. The third-order valence-electron chi connectivity index (χ3n) is 6.57. The molecule has 0 aliphatic carbocycles. The van der Waals surface area contributed by atoms with Crippen LogP contribution in [-0.4, -0.2) is 58.8 Å². The Hall–Kier alpha value is -4.66. The lowest BCUT2D eigenvalue weighted by molar-refractivity contribution is -0.384. The van der Waals surface area contributed by atoms with Crippen LogP contribution in [-0.2, 0) is 0 Å². The van der Waals surface area contributed by atoms with E-state index in [4.69, 9.17) is 9.84 Å². The van der Waals surface area contributed by atoms with Crippen molar-refractivity contribution in [3.63, 3.8) is 0 Å². The first-order chi connectivity index (χ1) is 17.9. The molecule has 9 nitrogen and oxygen atoms in total. The number of methoxy groups -OCH3 is 1. The van der Waals surface area contributed by atoms with Crippen LogP contribution in [0, 0.1) is 17.0 Å². The summed E-state index contributed by atoms with van der Waals surface area (Å²) >= 11 is 0. The van der Waals surface area contributed by atoms with Gasteiger partial charge in [0.05, 0.1) is 23.4 Å². The summed E-state index contributed by atoms with van der Waals surface area (Å²) in [5.74, 6) is 0.628. The Morgan fingerprint density at radius 1 is 0.919 bits per heavy atom. The predicted molar refractivity (Wildman–Crippen MR) is 142 cm³/mol. The Bertz CT molecular complexity index is 1420. The van der Waals surface area contributed by atoms with E-state index in [2.05, 4.69) is 4.90 Å². The summed E-state index contributed by atoms with van der Waals surface area (Å²) in [5.41, 5.74) is 4.95. The minimum atomic E-state index is -0.405. The molecule has 1 aliphatic heterocycles. The molecule has 2 heterocycles. The monoisotopic (exact) mass is 497 g/mol. The highest BCUT2D eigenvalue weighted by atomic mass is 16.6. The zero-order chi connectivity index (χ0) is 25.9. The summed E-state index contributed by atoms with van der Waals surface area (Å²) in [6, 6.07) is 23.9. The summed E-state index contributed by atoms with van der Waals surface area (Å²) in [7, 11) is 1.62. The number of anilines is 1. The summed E-state index contributed by atoms with van der Waals surface area (Å²) in [6.07, 6.45) is 0. The summed E-state index contributed by atoms with van der Waals surface area (Å²) in [5, 5.41) is 15.8. The van der Waals surface area contributed by atoms with E-state index in [0.717, 1.165) is 28.3 Å². The maximum absolute atomic E-state index is 13.7. The predicted octanol–water partition coefficient (Wildman–Crippen LogP) is 4.73. The Balaban J connectivity index is 1.40. The van der Waals surface area contributed by atoms with Crippen molar-refractivity contribution in [2.24, 2.45) is 0 Å². The Kier molecular flexibility index (Phi) is 6.59. The number of aryl methyl sites for hydroxylation is 1. The summed E-state index contributed by atoms with van der Waals surface area (Å²) in [4.78, 5) is 28.2. The third kappa shape index (κ3) is 5.02. The fraction of sp³-hybridized carbons (Fsp3) is 0.214. The number of rotatable bonds is 6. The summed E-state index contributed by atoms with van der Waals surface area (Å²) in [6.45, 7) is 4.34. The van der Waals surface area contributed by atoms with Crippen molar-refractivity contribution in [1.29, 1.82) is 0 Å². The number of carbonyl (C=O) groups excluding carboxylic acids is 1. The van der Waals surface area contributed by atoms with E-state index < -0.39 is 4.92 Å². The lowest BCUT2D eigenvalue weighted by Gasteiger charge is -2.36. The van der Waals surface area contributed by atoms with Gasteiger partial charge in [0.2, 0.25) is 0 Å². The molecule has 0 unspecified atom stereocenters. The van der Waals surface area contributed by atoms with E-state index >= 15 is 0 Å². The number of ether oxygens (including phenoxy) is 1. The van der Waals surface area contributed by atoms with E-state index in [9.17, 15) is 14.9 Å². The van der Waals surface area contributed by atoms with Gasteiger partial charge in [0.15, 0.2) is 0 Å². The second kappa shape index (κ2) is 10.1. The molecule has 188 valence electrons. The quantitative estimate of drug-likeness (QED) is 0.283. The van der Waals surface area contributed by atoms with Gasteiger partial charge in [-0.25, -0.2) is 4.68 Å². The number of non-ortho nitro benzene ring substituents is 1. The van der Waals surface area contributed by atoms with Crippen LogP contribution in [0.5, 0.6) is 5.75 Å². The first-order valence-electron chi connectivity index (χ1n) is 12.0. The number of amides is 1. The normalized spacial score (nSPS) is 13.5. The third-order valence-corrected chi connectivity index (χ3v) is 6.57. The van der Waals surface area contributed by atoms with Gasteiger partial charge in [0, 0.05) is 49.6 Å². The second-order valence-corrected chi connectivity index (χ2v) is 8.95. The van der Waals surface area contributed by atoms with E-state index in [1.165, 1.54) is 12.1 Å². The van der Waals surface area contributed by atoms with Crippen LogP contribution < -0.4 is 9.64 Å². The number of nitro benzene ring substituents is 1. The van der Waals surface area contributed by atoms with Crippen LogP contribution in [0.25, 0.3) is 16.9 Å². The molecule has 5 rings (SSSR count). The molecule has 0 spiro atoms. The molecule has 1 fully saturated rings. The van der Waals surface area contributed by atoms with Crippen molar-refractivity contribution in [2.45, 2.75) is 6.92 Å². The van der Waals surface area contributed by atoms with Gasteiger partial charge in [0.25, 0.3) is 11.6 Å². The van der Waals surface area contributed by atoms with Gasteiger partial charge in [-0.15, -0.1) is 0 Å². The molecule has 0 bridgehead atoms. The van der Waals surface area contributed by atoms with Crippen molar-refractivity contribution in [3.8, 4) is 22.7 Å². The van der Waals surface area contributed by atoms with Gasteiger partial charge >= 0.3 is 0 Å². The van der Waals surface area contributed by atoms with Gasteiger partial charge in [-0.1, -0.05) is 29.8 Å². The number of hydrogen-bond acceptors (Lipinski definition) is 6. The van der Waals surface area contributed by atoms with E-state index in [0.29, 0.717) is 37.6 Å². The SMILES string of the molecule is COc1cccc(-c2cc(C(=O)N3CCN(c4ccc([N+](=O)[O-])cc4)CC3)n(-c3ccc(C)cc3)n2)c1. The molecule has 9 heteroatoms. The minimum absolute atomic E-state index is 0.0637. The molecule has 37 heavy (non-hydrogen) atoms. The fourth-order valence-electron chi connectivity index (χ4n) is 4.45. The highest BCUT2D eigenvalue weighted by Gasteiger charge is 2.26. The van der Waals surface area contributed by atoms with Crippen molar-refractivity contribution in [1.82, 2.24) is 14.7 Å². The van der Waals surface area contributed by atoms with E-state index in [1.54, 1.807) is 23.9 Å². The number of nitro groups is 1. The molecule has 1 aromatic heterocycles. The maximum Gasteiger partial charge on any atom is 0.272 e. The van der Waals surface area contributed by atoms with Crippen LogP contribution >= 0.6 is 0 Å². The lowest BCUT2D eigenvalue weighted by Crippen LogP contribution is -2.49. The zero-order valence-corrected chi connectivity index (χ0v) is 20.7. The Morgan fingerprint density at radius 3 is 2.24 bits per heavy atom. The molecule has 1 saturated heterocycles. The number of benzene rings is 3. The number of aromatic nitrogens is 2. The molecule has 0 atom stereocenters. The first kappa shape index (κ1) is 24.1.